The first-order valence-electron chi connectivity index (χ1n) is 7.44. The van der Waals surface area contributed by atoms with Crippen molar-refractivity contribution in [3.8, 4) is 0 Å². The van der Waals surface area contributed by atoms with Crippen LogP contribution in [0, 0.1) is 5.92 Å². The largest absolute Gasteiger partial charge is 0.431 e. The third-order valence-electron chi connectivity index (χ3n) is 3.98. The van der Waals surface area contributed by atoms with Crippen LogP contribution in [0.4, 0.5) is 61.5 Å². The Morgan fingerprint density at radius 1 is 0.600 bits per heavy atom. The van der Waals surface area contributed by atoms with Crippen LogP contribution in [-0.2, 0) is 10.0 Å². The van der Waals surface area contributed by atoms with Crippen LogP contribution in [-0.4, -0.2) is 50.2 Å². The number of rotatable bonds is 8. The molecule has 0 aliphatic rings. The summed E-state index contributed by atoms with van der Waals surface area (Å²) < 4.78 is 201. The van der Waals surface area contributed by atoms with Gasteiger partial charge in [-0.05, 0) is 18.8 Å². The summed E-state index contributed by atoms with van der Waals surface area (Å²) in [6.07, 6.45) is -36.2. The number of primary sulfonamides is 1. The van der Waals surface area contributed by atoms with Gasteiger partial charge < -0.3 is 0 Å². The Morgan fingerprint density at radius 2 is 0.867 bits per heavy atom. The summed E-state index contributed by atoms with van der Waals surface area (Å²) in [6, 6.07) is 0. The predicted molar refractivity (Wildman–Crippen MR) is 71.8 cm³/mol. The maximum absolute atomic E-state index is 13.8. The van der Waals surface area contributed by atoms with Crippen LogP contribution in [0.5, 0.6) is 0 Å². The number of halogens is 14. The highest BCUT2D eigenvalue weighted by Gasteiger charge is 2.75. The topological polar surface area (TPSA) is 60.2 Å². The molecule has 3 nitrogen and oxygen atoms in total. The molecule has 0 bridgehead atoms. The van der Waals surface area contributed by atoms with E-state index in [1.165, 1.54) is 0 Å². The van der Waals surface area contributed by atoms with E-state index >= 15 is 0 Å². The molecule has 0 aromatic carbocycles. The van der Waals surface area contributed by atoms with E-state index in [1.807, 2.05) is 0 Å². The Balaban J connectivity index is 6.22. The molecule has 0 saturated heterocycles. The molecule has 0 aromatic rings. The standard InChI is InChI=1S/C12H13F14NO2S/c13-7(9(15,16)17,10(18,19)20)4-6(2-1-3-30(27,28)29)5-8(14,11(21,22)23)12(24,25)26/h6H,1-5H2,(H2,27,28,29). The average molecular weight is 501 g/mol. The number of sulfonamides is 1. The van der Waals surface area contributed by atoms with Crippen molar-refractivity contribution in [2.45, 2.75) is 61.7 Å². The van der Waals surface area contributed by atoms with Crippen LogP contribution < -0.4 is 5.14 Å². The van der Waals surface area contributed by atoms with Crippen molar-refractivity contribution in [1.29, 1.82) is 0 Å². The summed E-state index contributed by atoms with van der Waals surface area (Å²) in [5.74, 6) is -4.48. The lowest BCUT2D eigenvalue weighted by atomic mass is 9.80. The Hall–Kier alpha value is -1.07. The molecule has 0 rings (SSSR count). The van der Waals surface area contributed by atoms with Gasteiger partial charge in [-0.3, -0.25) is 0 Å². The van der Waals surface area contributed by atoms with Gasteiger partial charge in [-0.25, -0.2) is 22.3 Å². The highest BCUT2D eigenvalue weighted by atomic mass is 32.2. The maximum atomic E-state index is 13.8. The summed E-state index contributed by atoms with van der Waals surface area (Å²) in [4.78, 5) is 0. The van der Waals surface area contributed by atoms with Crippen LogP contribution in [0.15, 0.2) is 0 Å². The second kappa shape index (κ2) is 8.46. The summed E-state index contributed by atoms with van der Waals surface area (Å²) in [7, 11) is -4.50. The first kappa shape index (κ1) is 28.9. The molecule has 0 spiro atoms. The summed E-state index contributed by atoms with van der Waals surface area (Å²) in [5, 5.41) is 4.46. The van der Waals surface area contributed by atoms with Crippen LogP contribution in [0.1, 0.15) is 25.7 Å². The quantitative estimate of drug-likeness (QED) is 0.470. The fraction of sp³-hybridized carbons (Fsp3) is 1.00. The molecule has 0 fully saturated rings. The number of nitrogens with two attached hydrogens (primary N) is 1. The van der Waals surface area contributed by atoms with Crippen molar-refractivity contribution >= 4 is 10.0 Å². The molecule has 0 unspecified atom stereocenters. The van der Waals surface area contributed by atoms with E-state index < -0.39 is 83.4 Å². The molecule has 0 atom stereocenters. The molecule has 0 heterocycles. The fourth-order valence-corrected chi connectivity index (χ4v) is 3.00. The molecule has 2 N–H and O–H groups in total. The molecular formula is C12H13F14NO2S. The van der Waals surface area contributed by atoms with E-state index in [2.05, 4.69) is 5.14 Å². The van der Waals surface area contributed by atoms with E-state index in [9.17, 15) is 69.9 Å². The second-order valence-electron chi connectivity index (χ2n) is 6.38. The molecule has 182 valence electrons. The normalized spacial score (nSPS) is 15.7. The Morgan fingerprint density at radius 3 is 1.07 bits per heavy atom. The van der Waals surface area contributed by atoms with Crippen molar-refractivity contribution in [3.05, 3.63) is 0 Å². The van der Waals surface area contributed by atoms with Crippen molar-refractivity contribution < 1.29 is 69.9 Å². The van der Waals surface area contributed by atoms with E-state index in [-0.39, 0.29) is 0 Å². The van der Waals surface area contributed by atoms with Gasteiger partial charge in [0, 0.05) is 12.8 Å². The maximum Gasteiger partial charge on any atom is 0.431 e. The van der Waals surface area contributed by atoms with Crippen molar-refractivity contribution in [1.82, 2.24) is 0 Å². The Kier molecular flexibility index (Phi) is 8.16. The lowest BCUT2D eigenvalue weighted by Gasteiger charge is -2.37. The Labute approximate surface area is 159 Å². The third-order valence-corrected chi connectivity index (χ3v) is 4.84. The first-order chi connectivity index (χ1) is 12.8. The van der Waals surface area contributed by atoms with E-state index in [0.717, 1.165) is 0 Å². The van der Waals surface area contributed by atoms with Gasteiger partial charge in [0.2, 0.25) is 10.0 Å². The molecule has 0 aliphatic heterocycles. The van der Waals surface area contributed by atoms with Gasteiger partial charge in [-0.15, -0.1) is 0 Å². The highest BCUT2D eigenvalue weighted by Crippen LogP contribution is 2.54. The molecule has 0 aliphatic carbocycles. The number of hydrogen-bond acceptors (Lipinski definition) is 2. The van der Waals surface area contributed by atoms with Crippen LogP contribution >= 0.6 is 0 Å². The van der Waals surface area contributed by atoms with Gasteiger partial charge in [-0.1, -0.05) is 0 Å². The van der Waals surface area contributed by atoms with Gasteiger partial charge in [-0.2, -0.15) is 52.7 Å². The van der Waals surface area contributed by atoms with E-state index in [0.29, 0.717) is 0 Å². The summed E-state index contributed by atoms with van der Waals surface area (Å²) in [5.41, 5.74) is -12.6. The lowest BCUT2D eigenvalue weighted by Crippen LogP contribution is -2.57. The predicted octanol–water partition coefficient (Wildman–Crippen LogP) is 5.12. The first-order valence-corrected chi connectivity index (χ1v) is 9.15. The fourth-order valence-electron chi connectivity index (χ4n) is 2.43. The van der Waals surface area contributed by atoms with E-state index in [4.69, 9.17) is 0 Å². The molecule has 0 aromatic heterocycles. The molecule has 0 saturated carbocycles. The third kappa shape index (κ3) is 6.71. The van der Waals surface area contributed by atoms with Gasteiger partial charge >= 0.3 is 24.7 Å². The number of hydrogen-bond donors (Lipinski definition) is 1. The van der Waals surface area contributed by atoms with Gasteiger partial charge in [0.25, 0.3) is 11.3 Å². The average Bonchev–Trinajstić information content (AvgIpc) is 2.40. The summed E-state index contributed by atoms with van der Waals surface area (Å²) in [6.45, 7) is 0. The zero-order chi connectivity index (χ0) is 24.6. The van der Waals surface area contributed by atoms with Gasteiger partial charge in [0.05, 0.1) is 5.75 Å². The van der Waals surface area contributed by atoms with Gasteiger partial charge in [0.15, 0.2) is 0 Å². The smallest absolute Gasteiger partial charge is 0.229 e. The monoisotopic (exact) mass is 501 g/mol. The van der Waals surface area contributed by atoms with Crippen molar-refractivity contribution in [3.63, 3.8) is 0 Å². The molecule has 30 heavy (non-hydrogen) atoms. The lowest BCUT2D eigenvalue weighted by molar-refractivity contribution is -0.356. The van der Waals surface area contributed by atoms with Gasteiger partial charge in [0.1, 0.15) is 0 Å². The molecular weight excluding hydrogens is 488 g/mol. The molecule has 0 amide bonds. The minimum atomic E-state index is -6.83. The minimum Gasteiger partial charge on any atom is -0.229 e. The van der Waals surface area contributed by atoms with Crippen molar-refractivity contribution in [2.75, 3.05) is 5.75 Å². The molecule has 0 radical (unpaired) electrons. The highest BCUT2D eigenvalue weighted by molar-refractivity contribution is 7.89. The minimum absolute atomic E-state index is 1.17. The second-order valence-corrected chi connectivity index (χ2v) is 8.11. The van der Waals surface area contributed by atoms with Crippen LogP contribution in [0.3, 0.4) is 0 Å². The van der Waals surface area contributed by atoms with Crippen molar-refractivity contribution in [2.24, 2.45) is 11.1 Å². The SMILES string of the molecule is NS(=O)(=O)CCCC(CC(F)(C(F)(F)F)C(F)(F)F)CC(F)(C(F)(F)F)C(F)(F)F. The molecule has 18 heteroatoms. The number of alkyl halides is 14. The zero-order valence-corrected chi connectivity index (χ0v) is 15.0. The summed E-state index contributed by atoms with van der Waals surface area (Å²) >= 11 is 0. The van der Waals surface area contributed by atoms with Crippen LogP contribution in [0.2, 0.25) is 0 Å². The van der Waals surface area contributed by atoms with E-state index in [1.54, 1.807) is 0 Å². The zero-order valence-electron chi connectivity index (χ0n) is 14.2. The van der Waals surface area contributed by atoms with Crippen LogP contribution in [0.25, 0.3) is 0 Å². The Bertz CT molecular complexity index is 607.